The van der Waals surface area contributed by atoms with Crippen molar-refractivity contribution in [3.63, 3.8) is 0 Å². The monoisotopic (exact) mass is 287 g/mol. The van der Waals surface area contributed by atoms with Crippen molar-refractivity contribution in [3.8, 4) is 0 Å². The molecule has 7 nitrogen and oxygen atoms in total. The van der Waals surface area contributed by atoms with Gasteiger partial charge in [0, 0.05) is 58.6 Å². The van der Waals surface area contributed by atoms with E-state index in [9.17, 15) is 0 Å². The summed E-state index contributed by atoms with van der Waals surface area (Å²) in [7, 11) is 5.85. The van der Waals surface area contributed by atoms with Gasteiger partial charge < -0.3 is 20.1 Å². The maximum Gasteiger partial charge on any atom is 0.226 e. The Hall–Kier alpha value is -2.15. The van der Waals surface area contributed by atoms with Gasteiger partial charge in [-0.05, 0) is 6.07 Å². The first-order valence-electron chi connectivity index (χ1n) is 7.03. The lowest BCUT2D eigenvalue weighted by Crippen LogP contribution is -2.29. The molecule has 2 aromatic rings. The van der Waals surface area contributed by atoms with Gasteiger partial charge in [0.25, 0.3) is 0 Å². The average Bonchev–Trinajstić information content (AvgIpc) is 3.05. The molecule has 7 heteroatoms. The molecule has 0 saturated carbocycles. The van der Waals surface area contributed by atoms with Crippen molar-refractivity contribution in [3.05, 3.63) is 30.5 Å². The molecule has 0 radical (unpaired) electrons. The van der Waals surface area contributed by atoms with E-state index in [0.29, 0.717) is 5.95 Å². The van der Waals surface area contributed by atoms with Crippen LogP contribution in [0.4, 0.5) is 11.8 Å². The topological polar surface area (TPSA) is 76.1 Å². The molecule has 0 aromatic carbocycles. The maximum atomic E-state index is 6.30. The van der Waals surface area contributed by atoms with Crippen LogP contribution in [0.15, 0.2) is 24.8 Å². The van der Waals surface area contributed by atoms with Crippen LogP contribution >= 0.6 is 0 Å². The first kappa shape index (κ1) is 13.8. The molecule has 2 aromatic heterocycles. The molecule has 0 spiro atoms. The number of hydrogen-bond acceptors (Lipinski definition) is 6. The second kappa shape index (κ2) is 5.33. The smallest absolute Gasteiger partial charge is 0.226 e. The predicted molar refractivity (Wildman–Crippen MR) is 82.5 cm³/mol. The highest BCUT2D eigenvalue weighted by atomic mass is 15.3. The fourth-order valence-electron chi connectivity index (χ4n) is 2.68. The molecule has 3 rings (SSSR count). The van der Waals surface area contributed by atoms with Gasteiger partial charge in [-0.2, -0.15) is 4.98 Å². The average molecular weight is 287 g/mol. The van der Waals surface area contributed by atoms with Crippen LogP contribution in [0.2, 0.25) is 0 Å². The summed E-state index contributed by atoms with van der Waals surface area (Å²) in [4.78, 5) is 17.4. The molecular weight excluding hydrogens is 266 g/mol. The molecule has 112 valence electrons. The van der Waals surface area contributed by atoms with E-state index in [-0.39, 0.29) is 12.0 Å². The standard InChI is InChI=1S/C14H21N7/c1-19(2)14-16-5-4-13(18-14)21-6-10(11(15)7-21)12-8-20(3)9-17-12/h4-5,8-11H,6-7,15H2,1-3H3/t10-,11-/m1/s1. The Morgan fingerprint density at radius 3 is 2.76 bits per heavy atom. The molecular formula is C14H21N7. The Labute approximate surface area is 124 Å². The van der Waals surface area contributed by atoms with Gasteiger partial charge in [-0.15, -0.1) is 0 Å². The van der Waals surface area contributed by atoms with E-state index in [2.05, 4.69) is 19.9 Å². The third-order valence-electron chi connectivity index (χ3n) is 3.82. The Bertz CT molecular complexity index is 621. The van der Waals surface area contributed by atoms with Crippen LogP contribution in [0, 0.1) is 0 Å². The number of nitrogens with two attached hydrogens (primary N) is 1. The maximum absolute atomic E-state index is 6.30. The van der Waals surface area contributed by atoms with Gasteiger partial charge in [-0.3, -0.25) is 0 Å². The van der Waals surface area contributed by atoms with Crippen LogP contribution < -0.4 is 15.5 Å². The highest BCUT2D eigenvalue weighted by Gasteiger charge is 2.33. The molecule has 21 heavy (non-hydrogen) atoms. The van der Waals surface area contributed by atoms with E-state index in [1.54, 1.807) is 6.20 Å². The van der Waals surface area contributed by atoms with Crippen molar-refractivity contribution in [1.82, 2.24) is 19.5 Å². The summed E-state index contributed by atoms with van der Waals surface area (Å²) >= 11 is 0. The molecule has 3 heterocycles. The largest absolute Gasteiger partial charge is 0.354 e. The van der Waals surface area contributed by atoms with E-state index >= 15 is 0 Å². The second-order valence-corrected chi connectivity index (χ2v) is 5.75. The van der Waals surface area contributed by atoms with Gasteiger partial charge in [0.05, 0.1) is 12.0 Å². The molecule has 1 aliphatic heterocycles. The molecule has 0 unspecified atom stereocenters. The van der Waals surface area contributed by atoms with Gasteiger partial charge in [-0.25, -0.2) is 9.97 Å². The Morgan fingerprint density at radius 2 is 2.10 bits per heavy atom. The number of imidazole rings is 1. The zero-order valence-electron chi connectivity index (χ0n) is 12.6. The summed E-state index contributed by atoms with van der Waals surface area (Å²) in [6.45, 7) is 1.62. The molecule has 1 saturated heterocycles. The lowest BCUT2D eigenvalue weighted by molar-refractivity contribution is 0.639. The van der Waals surface area contributed by atoms with Crippen LogP contribution in [0.5, 0.6) is 0 Å². The van der Waals surface area contributed by atoms with Gasteiger partial charge in [0.2, 0.25) is 5.95 Å². The third kappa shape index (κ3) is 2.69. The Morgan fingerprint density at radius 1 is 1.29 bits per heavy atom. The summed E-state index contributed by atoms with van der Waals surface area (Å²) in [6.07, 6.45) is 5.65. The molecule has 0 amide bonds. The lowest BCUT2D eigenvalue weighted by atomic mass is 10.0. The number of nitrogens with zero attached hydrogens (tertiary/aromatic N) is 6. The van der Waals surface area contributed by atoms with Crippen molar-refractivity contribution in [2.24, 2.45) is 12.8 Å². The van der Waals surface area contributed by atoms with Gasteiger partial charge in [-0.1, -0.05) is 0 Å². The number of rotatable bonds is 3. The van der Waals surface area contributed by atoms with E-state index in [4.69, 9.17) is 5.73 Å². The number of aryl methyl sites for hydroxylation is 1. The zero-order valence-corrected chi connectivity index (χ0v) is 12.6. The van der Waals surface area contributed by atoms with Crippen LogP contribution in [-0.4, -0.2) is 52.7 Å². The first-order valence-corrected chi connectivity index (χ1v) is 7.03. The van der Waals surface area contributed by atoms with E-state index in [1.807, 2.05) is 49.2 Å². The predicted octanol–water partition coefficient (Wildman–Crippen LogP) is 0.207. The molecule has 1 fully saturated rings. The fourth-order valence-corrected chi connectivity index (χ4v) is 2.68. The highest BCUT2D eigenvalue weighted by Crippen LogP contribution is 2.28. The minimum absolute atomic E-state index is 0.0673. The zero-order chi connectivity index (χ0) is 15.0. The molecule has 0 bridgehead atoms. The van der Waals surface area contributed by atoms with Gasteiger partial charge in [0.15, 0.2) is 0 Å². The van der Waals surface area contributed by atoms with Crippen molar-refractivity contribution in [1.29, 1.82) is 0 Å². The number of anilines is 2. The summed E-state index contributed by atoms with van der Waals surface area (Å²) in [5.74, 6) is 1.87. The number of hydrogen-bond donors (Lipinski definition) is 1. The van der Waals surface area contributed by atoms with E-state index in [0.717, 1.165) is 24.6 Å². The van der Waals surface area contributed by atoms with Gasteiger partial charge in [0.1, 0.15) is 5.82 Å². The third-order valence-corrected chi connectivity index (χ3v) is 3.82. The summed E-state index contributed by atoms with van der Waals surface area (Å²) in [6, 6.07) is 2.00. The van der Waals surface area contributed by atoms with E-state index in [1.165, 1.54) is 0 Å². The fraction of sp³-hybridized carbons (Fsp3) is 0.500. The Kier molecular flexibility index (Phi) is 3.50. The molecule has 1 aliphatic rings. The Balaban J connectivity index is 1.81. The van der Waals surface area contributed by atoms with Crippen LogP contribution in [0.3, 0.4) is 0 Å². The van der Waals surface area contributed by atoms with Gasteiger partial charge >= 0.3 is 0 Å². The van der Waals surface area contributed by atoms with Crippen molar-refractivity contribution >= 4 is 11.8 Å². The van der Waals surface area contributed by atoms with Crippen molar-refractivity contribution in [2.45, 2.75) is 12.0 Å². The van der Waals surface area contributed by atoms with Crippen molar-refractivity contribution in [2.75, 3.05) is 37.0 Å². The lowest BCUT2D eigenvalue weighted by Gasteiger charge is -2.19. The molecule has 2 N–H and O–H groups in total. The minimum Gasteiger partial charge on any atom is -0.354 e. The number of aromatic nitrogens is 4. The van der Waals surface area contributed by atoms with Crippen LogP contribution in [0.25, 0.3) is 0 Å². The summed E-state index contributed by atoms with van der Waals surface area (Å²) < 4.78 is 1.96. The van der Waals surface area contributed by atoms with Crippen molar-refractivity contribution < 1.29 is 0 Å². The van der Waals surface area contributed by atoms with Crippen LogP contribution in [-0.2, 0) is 7.05 Å². The quantitative estimate of drug-likeness (QED) is 0.869. The SMILES string of the molecule is CN(C)c1nccc(N2C[C@@H](N)[C@H](c3cn(C)cn3)C2)n1. The van der Waals surface area contributed by atoms with Crippen LogP contribution in [0.1, 0.15) is 11.6 Å². The minimum atomic E-state index is 0.0673. The van der Waals surface area contributed by atoms with E-state index < -0.39 is 0 Å². The highest BCUT2D eigenvalue weighted by molar-refractivity contribution is 5.45. The summed E-state index contributed by atoms with van der Waals surface area (Å²) in [5.41, 5.74) is 7.35. The normalized spacial score (nSPS) is 21.8. The first-order chi connectivity index (χ1) is 10.0. The second-order valence-electron chi connectivity index (χ2n) is 5.75. The molecule has 0 aliphatic carbocycles. The summed E-state index contributed by atoms with van der Waals surface area (Å²) in [5, 5.41) is 0. The molecule has 2 atom stereocenters.